The van der Waals surface area contributed by atoms with Crippen molar-refractivity contribution in [3.8, 4) is 0 Å². The van der Waals surface area contributed by atoms with Crippen LogP contribution in [-0.2, 0) is 4.79 Å². The van der Waals surface area contributed by atoms with E-state index in [0.29, 0.717) is 15.8 Å². The van der Waals surface area contributed by atoms with Crippen LogP contribution in [0, 0.1) is 12.7 Å². The normalized spacial score (nSPS) is 20.1. The number of benzene rings is 2. The number of carbonyl (C=O) groups is 1. The van der Waals surface area contributed by atoms with Gasteiger partial charge in [-0.15, -0.1) is 0 Å². The van der Waals surface area contributed by atoms with E-state index in [4.69, 9.17) is 0 Å². The van der Waals surface area contributed by atoms with Gasteiger partial charge in [0.05, 0.1) is 16.1 Å². The number of aliphatic imine (C=N–C) groups is 1. The van der Waals surface area contributed by atoms with Gasteiger partial charge in [0.25, 0.3) is 5.91 Å². The Morgan fingerprint density at radius 1 is 1.19 bits per heavy atom. The predicted molar refractivity (Wildman–Crippen MR) is 129 cm³/mol. The van der Waals surface area contributed by atoms with Crippen LogP contribution in [0.15, 0.2) is 52.4 Å². The summed E-state index contributed by atoms with van der Waals surface area (Å²) in [6.45, 7) is 11.8. The quantitative estimate of drug-likeness (QED) is 0.597. The molecule has 4 rings (SSSR count). The van der Waals surface area contributed by atoms with Gasteiger partial charge in [0.2, 0.25) is 0 Å². The van der Waals surface area contributed by atoms with Crippen molar-refractivity contribution in [1.82, 2.24) is 5.32 Å². The lowest BCUT2D eigenvalue weighted by Gasteiger charge is -2.43. The van der Waals surface area contributed by atoms with E-state index in [2.05, 4.69) is 68.0 Å². The van der Waals surface area contributed by atoms with Crippen molar-refractivity contribution in [3.63, 3.8) is 0 Å². The number of hydrogen-bond donors (Lipinski definition) is 1. The van der Waals surface area contributed by atoms with Crippen molar-refractivity contribution in [2.24, 2.45) is 4.99 Å². The minimum absolute atomic E-state index is 0.0365. The highest BCUT2D eigenvalue weighted by molar-refractivity contribution is 8.18. The molecule has 4 nitrogen and oxygen atoms in total. The molecule has 0 unspecified atom stereocenters. The Balaban J connectivity index is 1.67. The van der Waals surface area contributed by atoms with Gasteiger partial charge in [-0.05, 0) is 106 Å². The van der Waals surface area contributed by atoms with Crippen molar-refractivity contribution >= 4 is 45.9 Å². The summed E-state index contributed by atoms with van der Waals surface area (Å²) >= 11 is 1.30. The fraction of sp³-hybridized carbons (Fsp3) is 0.280. The van der Waals surface area contributed by atoms with Gasteiger partial charge in [0, 0.05) is 17.8 Å². The maximum absolute atomic E-state index is 13.1. The topological polar surface area (TPSA) is 44.7 Å². The van der Waals surface area contributed by atoms with E-state index in [1.54, 1.807) is 12.1 Å². The number of carbonyl (C=O) groups excluding carboxylic acids is 1. The van der Waals surface area contributed by atoms with Crippen LogP contribution in [-0.4, -0.2) is 23.2 Å². The summed E-state index contributed by atoms with van der Waals surface area (Å²) in [5, 5.41) is 3.29. The summed E-state index contributed by atoms with van der Waals surface area (Å²) in [6, 6.07) is 10.3. The third-order valence-electron chi connectivity index (χ3n) is 5.68. The number of amidine groups is 1. The molecule has 2 aliphatic rings. The van der Waals surface area contributed by atoms with Crippen LogP contribution in [0.2, 0.25) is 0 Å². The molecule has 0 atom stereocenters. The van der Waals surface area contributed by atoms with Crippen LogP contribution >= 0.6 is 11.8 Å². The third-order valence-corrected chi connectivity index (χ3v) is 6.59. The molecule has 2 heterocycles. The fourth-order valence-electron chi connectivity index (χ4n) is 4.23. The van der Waals surface area contributed by atoms with E-state index in [1.807, 2.05) is 6.08 Å². The zero-order chi connectivity index (χ0) is 22.3. The van der Waals surface area contributed by atoms with E-state index in [0.717, 1.165) is 17.7 Å². The number of nitrogens with zero attached hydrogens (tertiary/aromatic N) is 2. The lowest BCUT2D eigenvalue weighted by Crippen LogP contribution is -2.44. The Morgan fingerprint density at radius 2 is 1.90 bits per heavy atom. The molecule has 1 N–H and O–H groups in total. The lowest BCUT2D eigenvalue weighted by molar-refractivity contribution is -0.115. The number of rotatable bonds is 3. The second-order valence-corrected chi connectivity index (χ2v) is 9.44. The highest BCUT2D eigenvalue weighted by Crippen LogP contribution is 2.41. The molecule has 0 aliphatic carbocycles. The Morgan fingerprint density at radius 3 is 2.58 bits per heavy atom. The number of fused-ring (bicyclic) bond motifs is 1. The molecule has 2 aromatic carbocycles. The third kappa shape index (κ3) is 4.17. The highest BCUT2D eigenvalue weighted by atomic mass is 32.2. The number of allylic oxidation sites excluding steroid dienone is 1. The number of anilines is 1. The SMILES string of the molecule is CCN1c2cc(C)c(/C=C3/SC(=Nc4ccc(F)cc4)NC3=O)cc2C(C)=CC1(C)C. The number of hydrogen-bond acceptors (Lipinski definition) is 4. The zero-order valence-electron chi connectivity index (χ0n) is 18.4. The number of amides is 1. The first kappa shape index (κ1) is 21.4. The second-order valence-electron chi connectivity index (χ2n) is 8.41. The first-order valence-electron chi connectivity index (χ1n) is 10.3. The Bertz CT molecular complexity index is 1150. The molecule has 1 saturated heterocycles. The Labute approximate surface area is 186 Å². The molecular formula is C25H26FN3OS. The number of aryl methyl sites for hydroxylation is 1. The summed E-state index contributed by atoms with van der Waals surface area (Å²) in [6.07, 6.45) is 4.22. The lowest BCUT2D eigenvalue weighted by atomic mass is 9.87. The Hall–Kier alpha value is -2.86. The summed E-state index contributed by atoms with van der Waals surface area (Å²) in [4.78, 5) is 19.9. The molecule has 31 heavy (non-hydrogen) atoms. The molecule has 2 aromatic rings. The maximum Gasteiger partial charge on any atom is 0.264 e. The number of thioether (sulfide) groups is 1. The van der Waals surface area contributed by atoms with Crippen molar-refractivity contribution in [2.45, 2.75) is 40.2 Å². The van der Waals surface area contributed by atoms with E-state index >= 15 is 0 Å². The molecule has 0 bridgehead atoms. The van der Waals surface area contributed by atoms with Gasteiger partial charge in [-0.2, -0.15) is 0 Å². The monoisotopic (exact) mass is 435 g/mol. The van der Waals surface area contributed by atoms with Gasteiger partial charge >= 0.3 is 0 Å². The Kier molecular flexibility index (Phi) is 5.52. The van der Waals surface area contributed by atoms with Crippen molar-refractivity contribution in [3.05, 3.63) is 69.9 Å². The van der Waals surface area contributed by atoms with Crippen LogP contribution in [0.4, 0.5) is 15.8 Å². The minimum Gasteiger partial charge on any atom is -0.363 e. The number of likely N-dealkylation sites (N-methyl/N-ethyl adjacent to an activating group) is 1. The molecule has 1 fully saturated rings. The zero-order valence-corrected chi connectivity index (χ0v) is 19.2. The average molecular weight is 436 g/mol. The summed E-state index contributed by atoms with van der Waals surface area (Å²) in [7, 11) is 0. The van der Waals surface area contributed by atoms with Crippen molar-refractivity contribution in [2.75, 3.05) is 11.4 Å². The highest BCUT2D eigenvalue weighted by Gasteiger charge is 2.31. The van der Waals surface area contributed by atoms with Gasteiger partial charge in [0.1, 0.15) is 5.82 Å². The standard InChI is InChI=1S/C25H26FN3OS/c1-6-29-21-11-15(2)17(12-20(21)16(3)14-25(29,4)5)13-22-23(30)28-24(31-22)27-19-9-7-18(26)8-10-19/h7-14H,6H2,1-5H3,(H,27,28,30)/b22-13+. The van der Waals surface area contributed by atoms with Gasteiger partial charge in [-0.3, -0.25) is 4.79 Å². The maximum atomic E-state index is 13.1. The average Bonchev–Trinajstić information content (AvgIpc) is 3.03. The molecule has 6 heteroatoms. The smallest absolute Gasteiger partial charge is 0.264 e. The molecule has 0 spiro atoms. The first-order chi connectivity index (χ1) is 14.7. The summed E-state index contributed by atoms with van der Waals surface area (Å²) in [5.41, 5.74) is 6.36. The van der Waals surface area contributed by atoms with E-state index < -0.39 is 0 Å². The van der Waals surface area contributed by atoms with Gasteiger partial charge in [-0.25, -0.2) is 9.38 Å². The van der Waals surface area contributed by atoms with Gasteiger partial charge < -0.3 is 10.2 Å². The van der Waals surface area contributed by atoms with E-state index in [1.165, 1.54) is 40.7 Å². The van der Waals surface area contributed by atoms with Gasteiger partial charge in [-0.1, -0.05) is 6.08 Å². The molecule has 0 saturated carbocycles. The predicted octanol–water partition coefficient (Wildman–Crippen LogP) is 6.05. The first-order valence-corrected chi connectivity index (χ1v) is 11.2. The van der Waals surface area contributed by atoms with Gasteiger partial charge in [0.15, 0.2) is 5.17 Å². The largest absolute Gasteiger partial charge is 0.363 e. The van der Waals surface area contributed by atoms with Crippen LogP contribution in [0.25, 0.3) is 11.6 Å². The van der Waals surface area contributed by atoms with E-state index in [-0.39, 0.29) is 17.3 Å². The molecule has 1 amide bonds. The van der Waals surface area contributed by atoms with E-state index in [9.17, 15) is 9.18 Å². The molecule has 160 valence electrons. The van der Waals surface area contributed by atoms with Crippen LogP contribution in [0.1, 0.15) is 44.4 Å². The van der Waals surface area contributed by atoms with Crippen LogP contribution in [0.5, 0.6) is 0 Å². The summed E-state index contributed by atoms with van der Waals surface area (Å²) < 4.78 is 13.1. The van der Waals surface area contributed by atoms with Crippen molar-refractivity contribution in [1.29, 1.82) is 0 Å². The van der Waals surface area contributed by atoms with Crippen LogP contribution in [0.3, 0.4) is 0 Å². The van der Waals surface area contributed by atoms with Crippen LogP contribution < -0.4 is 10.2 Å². The molecular weight excluding hydrogens is 409 g/mol. The number of nitrogens with one attached hydrogen (secondary N) is 1. The molecule has 0 aromatic heterocycles. The molecule has 0 radical (unpaired) electrons. The van der Waals surface area contributed by atoms with Crippen molar-refractivity contribution < 1.29 is 9.18 Å². The second kappa shape index (κ2) is 8.00. The summed E-state index contributed by atoms with van der Waals surface area (Å²) in [5.74, 6) is -0.489. The fourth-order valence-corrected chi connectivity index (χ4v) is 5.07. The minimum atomic E-state index is -0.315. The molecule has 2 aliphatic heterocycles. The number of halogens is 1.